The fourth-order valence-electron chi connectivity index (χ4n) is 2.80. The Morgan fingerprint density at radius 3 is 2.33 bits per heavy atom. The number of carbonyl (C=O) groups is 2. The molecule has 1 aliphatic heterocycles. The van der Waals surface area contributed by atoms with Crippen molar-refractivity contribution in [3.05, 3.63) is 29.8 Å². The van der Waals surface area contributed by atoms with Gasteiger partial charge >= 0.3 is 0 Å². The molecule has 1 atom stereocenters. The molecule has 6 nitrogen and oxygen atoms in total. The Labute approximate surface area is 148 Å². The number of carbonyl (C=O) groups excluding carboxylic acids is 2. The molecule has 4 N–H and O–H groups in total. The number of benzene rings is 1. The number of nitrogens with zero attached hydrogens (tertiary/aromatic N) is 1. The smallest absolute Gasteiger partial charge is 0.248 e. The molecule has 134 valence electrons. The van der Waals surface area contributed by atoms with Gasteiger partial charge in [-0.1, -0.05) is 0 Å². The lowest BCUT2D eigenvalue weighted by Crippen LogP contribution is -2.42. The molecule has 1 aliphatic rings. The quantitative estimate of drug-likeness (QED) is 0.808. The van der Waals surface area contributed by atoms with Crippen molar-refractivity contribution in [2.45, 2.75) is 32.2 Å². The largest absolute Gasteiger partial charge is 0.493 e. The molecule has 0 aliphatic carbocycles. The van der Waals surface area contributed by atoms with Crippen LogP contribution in [-0.2, 0) is 4.79 Å². The first kappa shape index (κ1) is 20.3. The van der Waals surface area contributed by atoms with Gasteiger partial charge in [-0.05, 0) is 49.9 Å². The Kier molecular flexibility index (Phi) is 8.01. The van der Waals surface area contributed by atoms with Crippen molar-refractivity contribution >= 4 is 24.2 Å². The van der Waals surface area contributed by atoms with Crippen molar-refractivity contribution in [2.24, 2.45) is 17.4 Å². The first-order valence-corrected chi connectivity index (χ1v) is 8.03. The molecular weight excluding hydrogens is 330 g/mol. The number of amides is 2. The summed E-state index contributed by atoms with van der Waals surface area (Å²) < 4.78 is 5.54. The van der Waals surface area contributed by atoms with E-state index in [4.69, 9.17) is 16.2 Å². The number of nitrogens with two attached hydrogens (primary N) is 2. The fraction of sp³-hybridized carbons (Fsp3) is 0.529. The van der Waals surface area contributed by atoms with Gasteiger partial charge in [-0.15, -0.1) is 12.4 Å². The predicted octanol–water partition coefficient (Wildman–Crippen LogP) is 1.56. The van der Waals surface area contributed by atoms with E-state index in [1.807, 2.05) is 11.8 Å². The zero-order valence-corrected chi connectivity index (χ0v) is 14.8. The van der Waals surface area contributed by atoms with E-state index in [0.717, 1.165) is 25.9 Å². The van der Waals surface area contributed by atoms with Gasteiger partial charge in [0.25, 0.3) is 0 Å². The highest BCUT2D eigenvalue weighted by atomic mass is 35.5. The highest BCUT2D eigenvalue weighted by molar-refractivity contribution is 5.92. The monoisotopic (exact) mass is 355 g/mol. The molecule has 1 aromatic carbocycles. The number of ether oxygens (including phenoxy) is 1. The summed E-state index contributed by atoms with van der Waals surface area (Å²) >= 11 is 0. The Morgan fingerprint density at radius 1 is 1.25 bits per heavy atom. The minimum atomic E-state index is -0.470. The van der Waals surface area contributed by atoms with Gasteiger partial charge < -0.3 is 21.1 Å². The van der Waals surface area contributed by atoms with Crippen molar-refractivity contribution < 1.29 is 14.3 Å². The normalized spacial score (nSPS) is 16.2. The van der Waals surface area contributed by atoms with Gasteiger partial charge in [0, 0.05) is 24.7 Å². The van der Waals surface area contributed by atoms with Crippen molar-refractivity contribution in [3.8, 4) is 5.75 Å². The van der Waals surface area contributed by atoms with E-state index in [0.29, 0.717) is 30.3 Å². The topological polar surface area (TPSA) is 98.7 Å². The Hall–Kier alpha value is -1.79. The SMILES string of the molecule is CC(N)C1CCN(C(=O)CCOc2ccc(C(N)=O)cc2)CC1.Cl. The van der Waals surface area contributed by atoms with Gasteiger partial charge in [-0.3, -0.25) is 9.59 Å². The highest BCUT2D eigenvalue weighted by Crippen LogP contribution is 2.20. The second-order valence-electron chi connectivity index (χ2n) is 6.06. The van der Waals surface area contributed by atoms with Gasteiger partial charge in [0.15, 0.2) is 0 Å². The first-order chi connectivity index (χ1) is 11.0. The number of hydrogen-bond donors (Lipinski definition) is 2. The lowest BCUT2D eigenvalue weighted by atomic mass is 9.91. The van der Waals surface area contributed by atoms with Gasteiger partial charge in [-0.25, -0.2) is 0 Å². The predicted molar refractivity (Wildman–Crippen MR) is 95.3 cm³/mol. The lowest BCUT2D eigenvalue weighted by Gasteiger charge is -2.33. The molecule has 24 heavy (non-hydrogen) atoms. The molecule has 0 bridgehead atoms. The number of piperidine rings is 1. The number of hydrogen-bond acceptors (Lipinski definition) is 4. The fourth-order valence-corrected chi connectivity index (χ4v) is 2.80. The van der Waals surface area contributed by atoms with E-state index in [1.54, 1.807) is 24.3 Å². The van der Waals surface area contributed by atoms with Crippen molar-refractivity contribution in [3.63, 3.8) is 0 Å². The third-order valence-corrected chi connectivity index (χ3v) is 4.36. The molecular formula is C17H26ClN3O3. The molecule has 0 spiro atoms. The van der Waals surface area contributed by atoms with Crippen LogP contribution in [0.1, 0.15) is 36.5 Å². The maximum Gasteiger partial charge on any atom is 0.248 e. The number of rotatable bonds is 6. The molecule has 1 heterocycles. The van der Waals surface area contributed by atoms with E-state index < -0.39 is 5.91 Å². The van der Waals surface area contributed by atoms with E-state index in [9.17, 15) is 9.59 Å². The van der Waals surface area contributed by atoms with Crippen LogP contribution in [0.15, 0.2) is 24.3 Å². The van der Waals surface area contributed by atoms with Crippen LogP contribution in [0.4, 0.5) is 0 Å². The second-order valence-corrected chi connectivity index (χ2v) is 6.06. The average molecular weight is 356 g/mol. The first-order valence-electron chi connectivity index (χ1n) is 8.03. The number of likely N-dealkylation sites (tertiary alicyclic amines) is 1. The summed E-state index contributed by atoms with van der Waals surface area (Å²) in [5, 5.41) is 0. The van der Waals surface area contributed by atoms with Crippen LogP contribution in [0.2, 0.25) is 0 Å². The van der Waals surface area contributed by atoms with Crippen molar-refractivity contribution in [1.82, 2.24) is 4.90 Å². The third-order valence-electron chi connectivity index (χ3n) is 4.36. The summed E-state index contributed by atoms with van der Waals surface area (Å²) in [4.78, 5) is 25.0. The standard InChI is InChI=1S/C17H25N3O3.ClH/c1-12(18)13-6-9-20(10-7-13)16(21)8-11-23-15-4-2-14(3-5-15)17(19)22;/h2-5,12-13H,6-11,18H2,1H3,(H2,19,22);1H. The summed E-state index contributed by atoms with van der Waals surface area (Å²) in [6.45, 7) is 3.90. The number of primary amides is 1. The molecule has 0 saturated carbocycles. The van der Waals surface area contributed by atoms with Crippen LogP contribution in [0.25, 0.3) is 0 Å². The van der Waals surface area contributed by atoms with Crippen molar-refractivity contribution in [1.29, 1.82) is 0 Å². The van der Waals surface area contributed by atoms with Crippen LogP contribution < -0.4 is 16.2 Å². The van der Waals surface area contributed by atoms with Crippen LogP contribution >= 0.6 is 12.4 Å². The third kappa shape index (κ3) is 5.69. The minimum Gasteiger partial charge on any atom is -0.493 e. The summed E-state index contributed by atoms with van der Waals surface area (Å²) in [5.74, 6) is 0.779. The average Bonchev–Trinajstić information content (AvgIpc) is 2.55. The lowest BCUT2D eigenvalue weighted by molar-refractivity contribution is -0.133. The minimum absolute atomic E-state index is 0. The van der Waals surface area contributed by atoms with Gasteiger partial charge in [0.05, 0.1) is 13.0 Å². The molecule has 1 saturated heterocycles. The number of halogens is 1. The Morgan fingerprint density at radius 2 is 1.83 bits per heavy atom. The maximum atomic E-state index is 12.2. The van der Waals surface area contributed by atoms with Gasteiger partial charge in [0.2, 0.25) is 11.8 Å². The van der Waals surface area contributed by atoms with E-state index in [-0.39, 0.29) is 24.4 Å². The molecule has 2 amide bonds. The Balaban J connectivity index is 0.00000288. The van der Waals surface area contributed by atoms with Crippen LogP contribution in [-0.4, -0.2) is 42.5 Å². The highest BCUT2D eigenvalue weighted by Gasteiger charge is 2.24. The molecule has 2 rings (SSSR count). The Bertz CT molecular complexity index is 541. The van der Waals surface area contributed by atoms with Crippen LogP contribution in [0.5, 0.6) is 5.75 Å². The zero-order chi connectivity index (χ0) is 16.8. The summed E-state index contributed by atoms with van der Waals surface area (Å²) in [6.07, 6.45) is 2.29. The molecule has 7 heteroatoms. The molecule has 1 fully saturated rings. The van der Waals surface area contributed by atoms with Gasteiger partial charge in [-0.2, -0.15) is 0 Å². The van der Waals surface area contributed by atoms with Crippen molar-refractivity contribution in [2.75, 3.05) is 19.7 Å². The van der Waals surface area contributed by atoms with E-state index in [2.05, 4.69) is 0 Å². The molecule has 0 radical (unpaired) electrons. The molecule has 0 aromatic heterocycles. The van der Waals surface area contributed by atoms with E-state index >= 15 is 0 Å². The molecule has 1 aromatic rings. The van der Waals surface area contributed by atoms with Crippen LogP contribution in [0.3, 0.4) is 0 Å². The summed E-state index contributed by atoms with van der Waals surface area (Å²) in [5.41, 5.74) is 11.5. The summed E-state index contributed by atoms with van der Waals surface area (Å²) in [6, 6.07) is 6.77. The maximum absolute atomic E-state index is 12.2. The summed E-state index contributed by atoms with van der Waals surface area (Å²) in [7, 11) is 0. The second kappa shape index (κ2) is 9.49. The molecule has 1 unspecified atom stereocenters. The van der Waals surface area contributed by atoms with Gasteiger partial charge in [0.1, 0.15) is 5.75 Å². The zero-order valence-electron chi connectivity index (χ0n) is 13.9. The van der Waals surface area contributed by atoms with Crippen LogP contribution in [0, 0.1) is 5.92 Å². The van der Waals surface area contributed by atoms with E-state index in [1.165, 1.54) is 0 Å².